The Bertz CT molecular complexity index is 855. The van der Waals surface area contributed by atoms with Crippen LogP contribution in [0.5, 0.6) is 5.75 Å². The molecule has 1 N–H and O–H groups in total. The summed E-state index contributed by atoms with van der Waals surface area (Å²) in [5, 5.41) is 7.89. The second-order valence-electron chi connectivity index (χ2n) is 8.46. The third-order valence-corrected chi connectivity index (χ3v) is 7.05. The van der Waals surface area contributed by atoms with Crippen LogP contribution in [0.3, 0.4) is 0 Å². The fourth-order valence-corrected chi connectivity index (χ4v) is 5.25. The Balaban J connectivity index is 1.50. The van der Waals surface area contributed by atoms with E-state index in [0.29, 0.717) is 24.3 Å². The molecule has 2 aromatic rings. The maximum absolute atomic E-state index is 12.8. The Morgan fingerprint density at radius 2 is 1.82 bits per heavy atom. The van der Waals surface area contributed by atoms with Gasteiger partial charge in [-0.2, -0.15) is 5.10 Å². The molecular weight excluding hydrogens is 350 g/mol. The van der Waals surface area contributed by atoms with E-state index in [4.69, 9.17) is 4.74 Å². The second-order valence-corrected chi connectivity index (χ2v) is 8.46. The highest BCUT2D eigenvalue weighted by molar-refractivity contribution is 5.76. The predicted molar refractivity (Wildman–Crippen MR) is 110 cm³/mol. The smallest absolute Gasteiger partial charge is 0.241 e. The molecule has 1 heterocycles. The van der Waals surface area contributed by atoms with E-state index in [0.717, 1.165) is 17.1 Å². The molecule has 0 bridgehead atoms. The summed E-state index contributed by atoms with van der Waals surface area (Å²) in [5.74, 6) is 2.64. The summed E-state index contributed by atoms with van der Waals surface area (Å²) in [7, 11) is 1.69. The van der Waals surface area contributed by atoms with Crippen molar-refractivity contribution < 1.29 is 9.53 Å². The van der Waals surface area contributed by atoms with Gasteiger partial charge in [-0.1, -0.05) is 25.0 Å². The van der Waals surface area contributed by atoms with Crippen LogP contribution >= 0.6 is 0 Å². The molecule has 0 spiro atoms. The van der Waals surface area contributed by atoms with Crippen LogP contribution in [0.15, 0.2) is 24.3 Å². The molecule has 4 rings (SSSR count). The van der Waals surface area contributed by atoms with Crippen molar-refractivity contribution in [3.05, 3.63) is 46.8 Å². The summed E-state index contributed by atoms with van der Waals surface area (Å²) < 4.78 is 7.14. The zero-order valence-electron chi connectivity index (χ0n) is 17.4. The average Bonchev–Trinajstić information content (AvgIpc) is 2.93. The van der Waals surface area contributed by atoms with Crippen molar-refractivity contribution in [3.63, 3.8) is 0 Å². The third-order valence-electron chi connectivity index (χ3n) is 7.05. The molecule has 4 atom stereocenters. The first-order chi connectivity index (χ1) is 13.5. The number of aryl methyl sites for hydroxylation is 1. The van der Waals surface area contributed by atoms with Crippen LogP contribution in [0, 0.1) is 32.6 Å². The molecule has 0 aliphatic heterocycles. The number of carbonyl (C=O) groups is 1. The number of ether oxygens (including phenoxy) is 1. The molecular formula is C23H31N3O2. The third kappa shape index (κ3) is 3.31. The van der Waals surface area contributed by atoms with Gasteiger partial charge in [0.15, 0.2) is 0 Å². The molecule has 1 aromatic heterocycles. The van der Waals surface area contributed by atoms with Crippen molar-refractivity contribution in [1.82, 2.24) is 15.1 Å². The Labute approximate surface area is 167 Å². The average molecular weight is 382 g/mol. The molecule has 2 fully saturated rings. The Hall–Kier alpha value is -2.30. The van der Waals surface area contributed by atoms with Crippen LogP contribution in [0.2, 0.25) is 0 Å². The lowest BCUT2D eigenvalue weighted by atomic mass is 9.53. The monoisotopic (exact) mass is 381 g/mol. The molecule has 5 nitrogen and oxygen atoms in total. The fraction of sp³-hybridized carbons (Fsp3) is 0.565. The van der Waals surface area contributed by atoms with E-state index in [1.54, 1.807) is 7.11 Å². The standard InChI is InChI=1S/C23H31N3O2/c1-14-15(2)25-26(16(14)3)13-21(27)24-23-20-8-6-5-7-19(20)22(23)17-9-11-18(28-4)12-10-17/h9-12,19-20,22-23H,5-8,13H2,1-4H3,(H,24,27)/t19?,20?,22-,23-/m0/s1. The lowest BCUT2D eigenvalue weighted by Gasteiger charge is -2.55. The molecule has 2 aliphatic rings. The summed E-state index contributed by atoms with van der Waals surface area (Å²) >= 11 is 0. The highest BCUT2D eigenvalue weighted by Gasteiger charge is 2.51. The molecule has 1 amide bonds. The van der Waals surface area contributed by atoms with Gasteiger partial charge >= 0.3 is 0 Å². The normalized spacial score (nSPS) is 26.3. The van der Waals surface area contributed by atoms with E-state index in [9.17, 15) is 4.79 Å². The highest BCUT2D eigenvalue weighted by Crippen LogP contribution is 2.54. The van der Waals surface area contributed by atoms with Crippen molar-refractivity contribution in [2.24, 2.45) is 11.8 Å². The summed E-state index contributed by atoms with van der Waals surface area (Å²) in [6, 6.07) is 8.62. The molecule has 150 valence electrons. The number of fused-ring (bicyclic) bond motifs is 1. The molecule has 2 unspecified atom stereocenters. The summed E-state index contributed by atoms with van der Waals surface area (Å²) in [4.78, 5) is 12.8. The Morgan fingerprint density at radius 1 is 1.14 bits per heavy atom. The van der Waals surface area contributed by atoms with Gasteiger partial charge in [0.25, 0.3) is 0 Å². The summed E-state index contributed by atoms with van der Waals surface area (Å²) in [6.45, 7) is 6.38. The number of benzene rings is 1. The van der Waals surface area contributed by atoms with Crippen LogP contribution in [0.25, 0.3) is 0 Å². The maximum Gasteiger partial charge on any atom is 0.241 e. The molecule has 28 heavy (non-hydrogen) atoms. The van der Waals surface area contributed by atoms with Crippen molar-refractivity contribution in [2.45, 2.75) is 65.0 Å². The quantitative estimate of drug-likeness (QED) is 0.854. The summed E-state index contributed by atoms with van der Waals surface area (Å²) in [5.41, 5.74) is 4.55. The number of aromatic nitrogens is 2. The number of hydrogen-bond donors (Lipinski definition) is 1. The lowest BCUT2D eigenvalue weighted by Crippen LogP contribution is -2.59. The Kier molecular flexibility index (Phi) is 5.17. The number of hydrogen-bond acceptors (Lipinski definition) is 3. The van der Waals surface area contributed by atoms with Crippen LogP contribution in [0.1, 0.15) is 54.1 Å². The minimum atomic E-state index is 0.0677. The number of nitrogens with one attached hydrogen (secondary N) is 1. The molecule has 2 saturated carbocycles. The van der Waals surface area contributed by atoms with Crippen LogP contribution < -0.4 is 10.1 Å². The first-order valence-electron chi connectivity index (χ1n) is 10.4. The second kappa shape index (κ2) is 7.61. The number of carbonyl (C=O) groups excluding carboxylic acids is 1. The van der Waals surface area contributed by atoms with Gasteiger partial charge in [0.2, 0.25) is 5.91 Å². The van der Waals surface area contributed by atoms with E-state index >= 15 is 0 Å². The van der Waals surface area contributed by atoms with Gasteiger partial charge in [-0.25, -0.2) is 0 Å². The van der Waals surface area contributed by atoms with E-state index in [2.05, 4.69) is 29.5 Å². The highest BCUT2D eigenvalue weighted by atomic mass is 16.5. The number of nitrogens with zero attached hydrogens (tertiary/aromatic N) is 2. The van der Waals surface area contributed by atoms with E-state index in [1.807, 2.05) is 30.7 Å². The SMILES string of the molecule is COc1ccc([C@H]2C3CCCCC3[C@@H]2NC(=O)Cn2nc(C)c(C)c2C)cc1. The van der Waals surface area contributed by atoms with Crippen LogP contribution in [-0.2, 0) is 11.3 Å². The van der Waals surface area contributed by atoms with Gasteiger partial charge in [-0.05, 0) is 68.7 Å². The minimum absolute atomic E-state index is 0.0677. The molecule has 5 heteroatoms. The van der Waals surface area contributed by atoms with E-state index < -0.39 is 0 Å². The van der Waals surface area contributed by atoms with Crippen LogP contribution in [-0.4, -0.2) is 28.8 Å². The van der Waals surface area contributed by atoms with Gasteiger partial charge in [-0.3, -0.25) is 9.48 Å². The van der Waals surface area contributed by atoms with E-state index in [-0.39, 0.29) is 11.9 Å². The first kappa shape index (κ1) is 19.0. The van der Waals surface area contributed by atoms with Crippen molar-refractivity contribution in [2.75, 3.05) is 7.11 Å². The van der Waals surface area contributed by atoms with E-state index in [1.165, 1.54) is 36.8 Å². The number of rotatable bonds is 5. The maximum atomic E-state index is 12.8. The molecule has 0 radical (unpaired) electrons. The Morgan fingerprint density at radius 3 is 2.43 bits per heavy atom. The van der Waals surface area contributed by atoms with Gasteiger partial charge in [0.05, 0.1) is 12.8 Å². The van der Waals surface area contributed by atoms with Gasteiger partial charge < -0.3 is 10.1 Å². The van der Waals surface area contributed by atoms with Gasteiger partial charge in [0.1, 0.15) is 12.3 Å². The largest absolute Gasteiger partial charge is 0.497 e. The van der Waals surface area contributed by atoms with Crippen molar-refractivity contribution >= 4 is 5.91 Å². The first-order valence-corrected chi connectivity index (χ1v) is 10.4. The lowest BCUT2D eigenvalue weighted by molar-refractivity contribution is -0.125. The summed E-state index contributed by atoms with van der Waals surface area (Å²) in [6.07, 6.45) is 5.07. The number of methoxy groups -OCH3 is 1. The van der Waals surface area contributed by atoms with Gasteiger partial charge in [0, 0.05) is 17.7 Å². The molecule has 0 saturated heterocycles. The zero-order valence-corrected chi connectivity index (χ0v) is 17.4. The zero-order chi connectivity index (χ0) is 19.8. The van der Waals surface area contributed by atoms with Crippen molar-refractivity contribution in [3.8, 4) is 5.75 Å². The topological polar surface area (TPSA) is 56.1 Å². The fourth-order valence-electron chi connectivity index (χ4n) is 5.25. The van der Waals surface area contributed by atoms with Gasteiger partial charge in [-0.15, -0.1) is 0 Å². The number of amides is 1. The molecule has 2 aliphatic carbocycles. The minimum Gasteiger partial charge on any atom is -0.497 e. The van der Waals surface area contributed by atoms with Crippen LogP contribution in [0.4, 0.5) is 0 Å². The van der Waals surface area contributed by atoms with Crippen molar-refractivity contribution in [1.29, 1.82) is 0 Å². The predicted octanol–water partition coefficient (Wildman–Crippen LogP) is 3.91. The molecule has 1 aromatic carbocycles.